The Bertz CT molecular complexity index is 1280. The summed E-state index contributed by atoms with van der Waals surface area (Å²) < 4.78 is 19.7. The number of hydrogen-bond donors (Lipinski definition) is 3. The van der Waals surface area contributed by atoms with Gasteiger partial charge in [0, 0.05) is 31.8 Å². The number of nitrogens with zero attached hydrogens (tertiary/aromatic N) is 1. The lowest BCUT2D eigenvalue weighted by atomic mass is 9.79. The molecule has 1 heterocycles. The third-order valence-corrected chi connectivity index (χ3v) is 8.79. The topological polar surface area (TPSA) is 120 Å². The number of rotatable bonds is 8. The average Bonchev–Trinajstić information content (AvgIpc) is 3.74. The molecular weight excluding hydrogens is 525 g/mol. The highest BCUT2D eigenvalue weighted by atomic mass is 35.5. The van der Waals surface area contributed by atoms with Crippen molar-refractivity contribution in [2.24, 2.45) is 11.8 Å². The second-order valence-corrected chi connectivity index (χ2v) is 11.3. The zero-order valence-corrected chi connectivity index (χ0v) is 22.7. The summed E-state index contributed by atoms with van der Waals surface area (Å²) in [6, 6.07) is 2.89. The van der Waals surface area contributed by atoms with Crippen LogP contribution in [0.3, 0.4) is 0 Å². The molecule has 2 amide bonds. The molecule has 0 aromatic heterocycles. The number of nitrogens with one attached hydrogen (secondary N) is 2. The van der Waals surface area contributed by atoms with E-state index in [9.17, 15) is 23.9 Å². The predicted molar refractivity (Wildman–Crippen MR) is 143 cm³/mol. The summed E-state index contributed by atoms with van der Waals surface area (Å²) in [6.07, 6.45) is 6.07. The Morgan fingerprint density at radius 3 is 2.46 bits per heavy atom. The van der Waals surface area contributed by atoms with Gasteiger partial charge in [0.2, 0.25) is 5.91 Å². The summed E-state index contributed by atoms with van der Waals surface area (Å²) in [7, 11) is 1.62. The van der Waals surface area contributed by atoms with Crippen LogP contribution in [0.25, 0.3) is 0 Å². The quantitative estimate of drug-likeness (QED) is 0.396. The third kappa shape index (κ3) is 5.65. The van der Waals surface area contributed by atoms with Gasteiger partial charge >= 0.3 is 5.97 Å². The Hall–Kier alpha value is -3.04. The van der Waals surface area contributed by atoms with E-state index in [0.29, 0.717) is 62.0 Å². The van der Waals surface area contributed by atoms with E-state index in [4.69, 9.17) is 21.7 Å². The molecule has 0 spiro atoms. The van der Waals surface area contributed by atoms with Crippen LogP contribution in [0.4, 0.5) is 4.39 Å². The van der Waals surface area contributed by atoms with Gasteiger partial charge in [-0.3, -0.25) is 14.4 Å². The van der Waals surface area contributed by atoms with Crippen LogP contribution in [0.5, 0.6) is 0 Å². The summed E-state index contributed by atoms with van der Waals surface area (Å²) in [5.41, 5.74) is 2.93. The van der Waals surface area contributed by atoms with Crippen molar-refractivity contribution in [3.8, 4) is 0 Å². The van der Waals surface area contributed by atoms with Crippen molar-refractivity contribution < 1.29 is 28.6 Å². The Balaban J connectivity index is 1.43. The molecule has 39 heavy (non-hydrogen) atoms. The van der Waals surface area contributed by atoms with E-state index in [2.05, 4.69) is 5.32 Å². The number of hydrogen-bond acceptors (Lipinski definition) is 5. The molecule has 1 aromatic rings. The van der Waals surface area contributed by atoms with Gasteiger partial charge in [0.1, 0.15) is 5.82 Å². The molecule has 4 aliphatic rings. The van der Waals surface area contributed by atoms with Crippen LogP contribution in [0, 0.1) is 23.1 Å². The Labute approximate surface area is 231 Å². The molecule has 208 valence electrons. The van der Waals surface area contributed by atoms with E-state index >= 15 is 0 Å². The molecule has 3 aliphatic carbocycles. The maximum atomic E-state index is 14.4. The molecule has 10 heteroatoms. The largest absolute Gasteiger partial charge is 0.481 e. The van der Waals surface area contributed by atoms with Crippen LogP contribution >= 0.6 is 11.6 Å². The minimum atomic E-state index is -0.844. The van der Waals surface area contributed by atoms with Crippen molar-refractivity contribution in [1.82, 2.24) is 10.2 Å². The second kappa shape index (κ2) is 11.2. The van der Waals surface area contributed by atoms with E-state index in [1.165, 1.54) is 6.07 Å². The lowest BCUT2D eigenvalue weighted by Crippen LogP contribution is -2.56. The van der Waals surface area contributed by atoms with E-state index < -0.39 is 23.6 Å². The maximum Gasteiger partial charge on any atom is 0.306 e. The van der Waals surface area contributed by atoms with E-state index in [-0.39, 0.29) is 46.6 Å². The van der Waals surface area contributed by atoms with Gasteiger partial charge in [-0.15, -0.1) is 0 Å². The van der Waals surface area contributed by atoms with Gasteiger partial charge < -0.3 is 25.5 Å². The average molecular weight is 558 g/mol. The standard InChI is InChI=1S/C29H33ClFN3O5/c1-39-19-13-34(14-19)28(36)18-8-9-21(26(32)16-4-6-17(7-5-16)29(37)38)23(12-18)33-27(35)24-20(15-2-3-15)10-11-22(31)25(24)30/h4,10-11,15,17-19,32H,2-3,5-9,12-14H2,1H3,(H,33,35)(H,37,38). The van der Waals surface area contributed by atoms with Gasteiger partial charge in [-0.1, -0.05) is 23.7 Å². The van der Waals surface area contributed by atoms with Crippen LogP contribution in [0.2, 0.25) is 5.02 Å². The van der Waals surface area contributed by atoms with Gasteiger partial charge in [0.05, 0.1) is 28.3 Å². The van der Waals surface area contributed by atoms with E-state index in [1.807, 2.05) is 0 Å². The number of carbonyl (C=O) groups is 3. The van der Waals surface area contributed by atoms with Crippen LogP contribution in [-0.4, -0.2) is 59.8 Å². The Kier molecular flexibility index (Phi) is 7.91. The van der Waals surface area contributed by atoms with Crippen molar-refractivity contribution in [1.29, 1.82) is 5.41 Å². The fraction of sp³-hybridized carbons (Fsp3) is 0.517. The van der Waals surface area contributed by atoms with Gasteiger partial charge in [-0.2, -0.15) is 0 Å². The number of carboxylic acid groups (broad SMARTS) is 1. The number of allylic oxidation sites excluding steroid dienone is 4. The predicted octanol–water partition coefficient (Wildman–Crippen LogP) is 4.83. The van der Waals surface area contributed by atoms with E-state index in [0.717, 1.165) is 18.4 Å². The van der Waals surface area contributed by atoms with Crippen molar-refractivity contribution in [3.05, 3.63) is 57.0 Å². The number of halogens is 2. The molecular formula is C29H33ClFN3O5. The summed E-state index contributed by atoms with van der Waals surface area (Å²) in [6.45, 7) is 1.06. The zero-order valence-electron chi connectivity index (χ0n) is 21.9. The van der Waals surface area contributed by atoms with E-state index in [1.54, 1.807) is 24.2 Å². The normalized spacial score (nSPS) is 23.7. The Morgan fingerprint density at radius 2 is 1.85 bits per heavy atom. The van der Waals surface area contributed by atoms with Crippen LogP contribution in [0.1, 0.15) is 73.2 Å². The molecule has 2 unspecified atom stereocenters. The molecule has 1 saturated heterocycles. The number of carboxylic acids is 1. The number of carbonyl (C=O) groups excluding carboxylic acids is 2. The molecule has 8 nitrogen and oxygen atoms in total. The number of likely N-dealkylation sites (tertiary alicyclic amines) is 1. The molecule has 1 saturated carbocycles. The second-order valence-electron chi connectivity index (χ2n) is 11.0. The fourth-order valence-corrected chi connectivity index (χ4v) is 6.05. The first-order valence-corrected chi connectivity index (χ1v) is 13.9. The van der Waals surface area contributed by atoms with Gasteiger partial charge in [-0.25, -0.2) is 4.39 Å². The summed E-state index contributed by atoms with van der Waals surface area (Å²) in [5.74, 6) is -2.74. The molecule has 0 bridgehead atoms. The number of amides is 2. The molecule has 2 atom stereocenters. The number of benzene rings is 1. The summed E-state index contributed by atoms with van der Waals surface area (Å²) >= 11 is 6.29. The first-order valence-electron chi connectivity index (χ1n) is 13.5. The van der Waals surface area contributed by atoms with Crippen molar-refractivity contribution in [2.75, 3.05) is 20.2 Å². The monoisotopic (exact) mass is 557 g/mol. The number of methoxy groups -OCH3 is 1. The molecule has 5 rings (SSSR count). The number of ether oxygens (including phenoxy) is 1. The molecule has 3 N–H and O–H groups in total. The van der Waals surface area contributed by atoms with Crippen molar-refractivity contribution >= 4 is 35.1 Å². The highest BCUT2D eigenvalue weighted by molar-refractivity contribution is 6.34. The highest BCUT2D eigenvalue weighted by Crippen LogP contribution is 2.44. The molecule has 0 radical (unpaired) electrons. The molecule has 1 aromatic carbocycles. The van der Waals surface area contributed by atoms with Crippen LogP contribution in [-0.2, 0) is 14.3 Å². The molecule has 2 fully saturated rings. The molecule has 1 aliphatic heterocycles. The van der Waals surface area contributed by atoms with Gasteiger partial charge in [0.15, 0.2) is 0 Å². The lowest BCUT2D eigenvalue weighted by molar-refractivity contribution is -0.147. The third-order valence-electron chi connectivity index (χ3n) is 8.42. The minimum absolute atomic E-state index is 0.00994. The Morgan fingerprint density at radius 1 is 1.13 bits per heavy atom. The van der Waals surface area contributed by atoms with Crippen molar-refractivity contribution in [2.45, 2.75) is 63.4 Å². The van der Waals surface area contributed by atoms with Gasteiger partial charge in [0.25, 0.3) is 5.91 Å². The first kappa shape index (κ1) is 27.5. The van der Waals surface area contributed by atoms with Crippen molar-refractivity contribution in [3.63, 3.8) is 0 Å². The highest BCUT2D eigenvalue weighted by Gasteiger charge is 2.38. The SMILES string of the molecule is COC1CN(C(=O)C2CCC(C(=N)C3=CCC(C(=O)O)CC3)=C(NC(=O)c3c(C4CC4)ccc(F)c3Cl)C2)C1. The number of aliphatic carboxylic acids is 1. The van der Waals surface area contributed by atoms with Crippen LogP contribution in [0.15, 0.2) is 35.1 Å². The summed E-state index contributed by atoms with van der Waals surface area (Å²) in [4.78, 5) is 39.9. The minimum Gasteiger partial charge on any atom is -0.481 e. The van der Waals surface area contributed by atoms with Crippen LogP contribution < -0.4 is 5.32 Å². The maximum absolute atomic E-state index is 14.4. The smallest absolute Gasteiger partial charge is 0.306 e. The lowest BCUT2D eigenvalue weighted by Gasteiger charge is -2.41. The van der Waals surface area contributed by atoms with Gasteiger partial charge in [-0.05, 0) is 80.1 Å². The zero-order chi connectivity index (χ0) is 27.8. The summed E-state index contributed by atoms with van der Waals surface area (Å²) in [5, 5.41) is 21.0. The fourth-order valence-electron chi connectivity index (χ4n) is 5.79. The first-order chi connectivity index (χ1) is 18.7.